The molecule has 20 heavy (non-hydrogen) atoms. The molecule has 0 aromatic heterocycles. The minimum Gasteiger partial charge on any atom is -0.393 e. The van der Waals surface area contributed by atoms with Crippen molar-refractivity contribution in [1.29, 1.82) is 0 Å². The van der Waals surface area contributed by atoms with E-state index < -0.39 is 0 Å². The lowest BCUT2D eigenvalue weighted by Crippen LogP contribution is -2.46. The van der Waals surface area contributed by atoms with Crippen molar-refractivity contribution in [1.82, 2.24) is 0 Å². The Morgan fingerprint density at radius 3 is 2.95 bits per heavy atom. The van der Waals surface area contributed by atoms with Crippen molar-refractivity contribution >= 4 is 5.78 Å². The van der Waals surface area contributed by atoms with E-state index in [4.69, 9.17) is 0 Å². The van der Waals surface area contributed by atoms with E-state index in [9.17, 15) is 9.90 Å². The van der Waals surface area contributed by atoms with E-state index in [1.807, 2.05) is 6.08 Å². The van der Waals surface area contributed by atoms with Crippen molar-refractivity contribution < 1.29 is 9.90 Å². The number of aliphatic hydroxyl groups excluding tert-OH is 1. The number of rotatable bonds is 0. The summed E-state index contributed by atoms with van der Waals surface area (Å²) in [5.74, 6) is 3.35. The van der Waals surface area contributed by atoms with Gasteiger partial charge in [-0.1, -0.05) is 12.5 Å². The van der Waals surface area contributed by atoms with Crippen molar-refractivity contribution in [2.45, 2.75) is 64.4 Å². The molecule has 3 saturated carbocycles. The second-order valence-corrected chi connectivity index (χ2v) is 8.03. The Balaban J connectivity index is 1.61. The second kappa shape index (κ2) is 4.43. The summed E-state index contributed by atoms with van der Waals surface area (Å²) in [5, 5.41) is 10.4. The van der Waals surface area contributed by atoms with E-state index in [-0.39, 0.29) is 11.5 Å². The predicted molar refractivity (Wildman–Crippen MR) is 78.1 cm³/mol. The maximum atomic E-state index is 11.6. The molecule has 1 unspecified atom stereocenters. The van der Waals surface area contributed by atoms with Gasteiger partial charge < -0.3 is 5.11 Å². The largest absolute Gasteiger partial charge is 0.393 e. The number of ketones is 1. The molecule has 1 N–H and O–H groups in total. The van der Waals surface area contributed by atoms with Crippen LogP contribution < -0.4 is 0 Å². The van der Waals surface area contributed by atoms with Crippen LogP contribution in [0.1, 0.15) is 58.3 Å². The molecular weight excluding hydrogens is 248 g/mol. The van der Waals surface area contributed by atoms with Crippen LogP contribution in [-0.4, -0.2) is 17.0 Å². The van der Waals surface area contributed by atoms with Gasteiger partial charge in [0, 0.05) is 6.42 Å². The highest BCUT2D eigenvalue weighted by molar-refractivity contribution is 5.91. The third-order valence-electron chi connectivity index (χ3n) is 7.20. The molecule has 2 heteroatoms. The van der Waals surface area contributed by atoms with Gasteiger partial charge in [-0.05, 0) is 80.1 Å². The normalized spacial score (nSPS) is 51.0. The van der Waals surface area contributed by atoms with Gasteiger partial charge in [0.1, 0.15) is 0 Å². The average molecular weight is 274 g/mol. The Bertz CT molecular complexity index is 466. The summed E-state index contributed by atoms with van der Waals surface area (Å²) in [7, 11) is 0. The predicted octanol–water partition coefficient (Wildman–Crippen LogP) is 3.49. The highest BCUT2D eigenvalue weighted by atomic mass is 16.3. The molecule has 0 heterocycles. The Kier molecular flexibility index (Phi) is 2.89. The fraction of sp³-hybridized carbons (Fsp3) is 0.833. The number of carbonyl (C=O) groups is 1. The van der Waals surface area contributed by atoms with Crippen molar-refractivity contribution in [3.63, 3.8) is 0 Å². The summed E-state index contributed by atoms with van der Waals surface area (Å²) in [6, 6.07) is 0. The maximum absolute atomic E-state index is 11.6. The van der Waals surface area contributed by atoms with Crippen LogP contribution in [0.2, 0.25) is 0 Å². The van der Waals surface area contributed by atoms with Gasteiger partial charge in [-0.3, -0.25) is 4.79 Å². The molecule has 110 valence electrons. The highest BCUT2D eigenvalue weighted by Crippen LogP contribution is 2.60. The van der Waals surface area contributed by atoms with Crippen LogP contribution in [-0.2, 0) is 4.79 Å². The molecule has 0 bridgehead atoms. The third-order valence-corrected chi connectivity index (χ3v) is 7.20. The molecule has 0 amide bonds. The van der Waals surface area contributed by atoms with Gasteiger partial charge in [0.05, 0.1) is 6.10 Å². The summed E-state index contributed by atoms with van der Waals surface area (Å²) in [6.07, 6.45) is 10.9. The Labute approximate surface area is 121 Å². The number of hydrogen-bond acceptors (Lipinski definition) is 2. The SMILES string of the molecule is C[C@@]12CC[C@H]3CC4=CC(=O)CC[C@@H]4C[C@@H]3[C@H]1CCC2O. The number of aliphatic hydroxyl groups is 1. The topological polar surface area (TPSA) is 37.3 Å². The van der Waals surface area contributed by atoms with E-state index in [2.05, 4.69) is 6.92 Å². The summed E-state index contributed by atoms with van der Waals surface area (Å²) in [4.78, 5) is 11.6. The minimum absolute atomic E-state index is 0.0710. The van der Waals surface area contributed by atoms with Gasteiger partial charge in [0.25, 0.3) is 0 Å². The second-order valence-electron chi connectivity index (χ2n) is 8.03. The molecule has 4 aliphatic rings. The zero-order valence-electron chi connectivity index (χ0n) is 12.5. The zero-order valence-corrected chi connectivity index (χ0v) is 12.5. The fourth-order valence-corrected chi connectivity index (χ4v) is 5.97. The quantitative estimate of drug-likeness (QED) is 0.734. The van der Waals surface area contributed by atoms with Gasteiger partial charge >= 0.3 is 0 Å². The van der Waals surface area contributed by atoms with E-state index in [1.54, 1.807) is 0 Å². The van der Waals surface area contributed by atoms with Crippen LogP contribution in [0, 0.1) is 29.1 Å². The van der Waals surface area contributed by atoms with Gasteiger partial charge in [-0.2, -0.15) is 0 Å². The summed E-state index contributed by atoms with van der Waals surface area (Å²) < 4.78 is 0. The molecule has 4 aliphatic carbocycles. The first kappa shape index (κ1) is 13.1. The Hall–Kier alpha value is -0.630. The van der Waals surface area contributed by atoms with Gasteiger partial charge in [-0.15, -0.1) is 0 Å². The number of fused-ring (bicyclic) bond motifs is 4. The lowest BCUT2D eigenvalue weighted by atomic mass is 9.53. The van der Waals surface area contributed by atoms with Crippen LogP contribution in [0.5, 0.6) is 0 Å². The van der Waals surface area contributed by atoms with Crippen molar-refractivity contribution in [2.24, 2.45) is 29.1 Å². The van der Waals surface area contributed by atoms with Crippen molar-refractivity contribution in [3.8, 4) is 0 Å². The average Bonchev–Trinajstić information content (AvgIpc) is 2.73. The van der Waals surface area contributed by atoms with Crippen LogP contribution in [0.4, 0.5) is 0 Å². The van der Waals surface area contributed by atoms with Crippen LogP contribution >= 0.6 is 0 Å². The molecular formula is C18H26O2. The molecule has 0 spiro atoms. The van der Waals surface area contributed by atoms with E-state index in [0.717, 1.165) is 37.0 Å². The van der Waals surface area contributed by atoms with E-state index in [0.29, 0.717) is 11.7 Å². The standard InChI is InChI=1S/C18H26O2/c1-18-7-6-12-8-13-9-14(19)3-2-11(13)10-15(12)16(18)4-5-17(18)20/h9,11-12,15-17,20H,2-8,10H2,1H3/t11-,12+,15+,16-,17?,18-/m1/s1. The first-order valence-electron chi connectivity index (χ1n) is 8.49. The van der Waals surface area contributed by atoms with Gasteiger partial charge in [-0.25, -0.2) is 0 Å². The van der Waals surface area contributed by atoms with Crippen LogP contribution in [0.25, 0.3) is 0 Å². The highest BCUT2D eigenvalue weighted by Gasteiger charge is 2.55. The molecule has 0 aromatic carbocycles. The van der Waals surface area contributed by atoms with Crippen LogP contribution in [0.3, 0.4) is 0 Å². The molecule has 0 aliphatic heterocycles. The molecule has 3 fully saturated rings. The molecule has 2 nitrogen and oxygen atoms in total. The molecule has 4 rings (SSSR count). The van der Waals surface area contributed by atoms with E-state index in [1.165, 1.54) is 37.7 Å². The minimum atomic E-state index is -0.0710. The lowest BCUT2D eigenvalue weighted by Gasteiger charge is -2.52. The van der Waals surface area contributed by atoms with Gasteiger partial charge in [0.2, 0.25) is 0 Å². The summed E-state index contributed by atoms with van der Waals surface area (Å²) in [6.45, 7) is 2.33. The molecule has 6 atom stereocenters. The number of hydrogen-bond donors (Lipinski definition) is 1. The van der Waals surface area contributed by atoms with Crippen molar-refractivity contribution in [2.75, 3.05) is 0 Å². The molecule has 0 saturated heterocycles. The van der Waals surface area contributed by atoms with Gasteiger partial charge in [0.15, 0.2) is 5.78 Å². The third kappa shape index (κ3) is 1.76. The van der Waals surface area contributed by atoms with Crippen molar-refractivity contribution in [3.05, 3.63) is 11.6 Å². The van der Waals surface area contributed by atoms with Crippen LogP contribution in [0.15, 0.2) is 11.6 Å². The zero-order chi connectivity index (χ0) is 13.9. The Morgan fingerprint density at radius 2 is 2.10 bits per heavy atom. The smallest absolute Gasteiger partial charge is 0.155 e. The number of carbonyl (C=O) groups excluding carboxylic acids is 1. The monoisotopic (exact) mass is 274 g/mol. The first-order valence-corrected chi connectivity index (χ1v) is 8.49. The first-order chi connectivity index (χ1) is 9.58. The summed E-state index contributed by atoms with van der Waals surface area (Å²) in [5.41, 5.74) is 1.65. The molecule has 0 radical (unpaired) electrons. The molecule has 0 aromatic rings. The van der Waals surface area contributed by atoms with E-state index >= 15 is 0 Å². The summed E-state index contributed by atoms with van der Waals surface area (Å²) >= 11 is 0. The maximum Gasteiger partial charge on any atom is 0.155 e. The lowest BCUT2D eigenvalue weighted by molar-refractivity contribution is -0.115. The fourth-order valence-electron chi connectivity index (χ4n) is 5.97. The number of allylic oxidation sites excluding steroid dienone is 2. The Morgan fingerprint density at radius 1 is 1.25 bits per heavy atom.